The van der Waals surface area contributed by atoms with Gasteiger partial charge in [0.1, 0.15) is 11.9 Å². The molecular formula is C16H24ClN3O2. The zero-order valence-electron chi connectivity index (χ0n) is 13.5. The molecule has 0 bridgehead atoms. The lowest BCUT2D eigenvalue weighted by Gasteiger charge is -2.25. The maximum absolute atomic E-state index is 12.4. The second-order valence-electron chi connectivity index (χ2n) is 5.94. The number of halogens is 1. The van der Waals surface area contributed by atoms with Gasteiger partial charge in [-0.25, -0.2) is 4.79 Å². The highest BCUT2D eigenvalue weighted by Crippen LogP contribution is 2.22. The molecule has 0 radical (unpaired) electrons. The van der Waals surface area contributed by atoms with E-state index in [-0.39, 0.29) is 12.1 Å². The Kier molecular flexibility index (Phi) is 5.91. The number of carbonyl (C=O) groups excluding carboxylic acids is 1. The molecule has 1 aromatic carbocycles. The number of amides is 2. The minimum absolute atomic E-state index is 0.0321. The molecule has 1 fully saturated rings. The lowest BCUT2D eigenvalue weighted by Crippen LogP contribution is -2.43. The SMILES string of the molecule is CN(C)CCN(C)C(=O)N1CCC(Oc2cccc(Cl)c2)C1. The molecule has 0 N–H and O–H groups in total. The topological polar surface area (TPSA) is 36.0 Å². The van der Waals surface area contributed by atoms with Gasteiger partial charge < -0.3 is 19.4 Å². The first-order valence-corrected chi connectivity index (χ1v) is 7.90. The first kappa shape index (κ1) is 16.9. The number of benzene rings is 1. The van der Waals surface area contributed by atoms with E-state index in [1.807, 2.05) is 44.2 Å². The molecule has 1 atom stereocenters. The quantitative estimate of drug-likeness (QED) is 0.834. The minimum atomic E-state index is 0.0321. The van der Waals surface area contributed by atoms with Gasteiger partial charge in [-0.3, -0.25) is 0 Å². The van der Waals surface area contributed by atoms with Gasteiger partial charge in [-0.1, -0.05) is 17.7 Å². The molecule has 122 valence electrons. The first-order chi connectivity index (χ1) is 10.5. The van der Waals surface area contributed by atoms with Crippen LogP contribution in [0.3, 0.4) is 0 Å². The van der Waals surface area contributed by atoms with Crippen molar-refractivity contribution < 1.29 is 9.53 Å². The van der Waals surface area contributed by atoms with E-state index in [1.165, 1.54) is 0 Å². The zero-order chi connectivity index (χ0) is 16.1. The van der Waals surface area contributed by atoms with Gasteiger partial charge in [-0.05, 0) is 32.3 Å². The summed E-state index contributed by atoms with van der Waals surface area (Å²) in [4.78, 5) is 18.1. The lowest BCUT2D eigenvalue weighted by molar-refractivity contribution is 0.158. The van der Waals surface area contributed by atoms with Crippen LogP contribution in [0.4, 0.5) is 4.79 Å². The summed E-state index contributed by atoms with van der Waals surface area (Å²) in [5, 5.41) is 0.659. The second-order valence-corrected chi connectivity index (χ2v) is 6.38. The van der Waals surface area contributed by atoms with Crippen LogP contribution in [-0.4, -0.2) is 74.2 Å². The fourth-order valence-electron chi connectivity index (χ4n) is 2.42. The van der Waals surface area contributed by atoms with Gasteiger partial charge in [0.25, 0.3) is 0 Å². The highest BCUT2D eigenvalue weighted by molar-refractivity contribution is 6.30. The van der Waals surface area contributed by atoms with Crippen molar-refractivity contribution >= 4 is 17.6 Å². The largest absolute Gasteiger partial charge is 0.488 e. The van der Waals surface area contributed by atoms with E-state index in [9.17, 15) is 4.79 Å². The van der Waals surface area contributed by atoms with Crippen LogP contribution in [0.15, 0.2) is 24.3 Å². The van der Waals surface area contributed by atoms with Gasteiger partial charge in [-0.15, -0.1) is 0 Å². The predicted molar refractivity (Wildman–Crippen MR) is 88.6 cm³/mol. The monoisotopic (exact) mass is 325 g/mol. The summed E-state index contributed by atoms with van der Waals surface area (Å²) in [5.41, 5.74) is 0. The molecule has 0 saturated carbocycles. The molecule has 0 spiro atoms. The van der Waals surface area contributed by atoms with Crippen LogP contribution >= 0.6 is 11.6 Å². The summed E-state index contributed by atoms with van der Waals surface area (Å²) >= 11 is 5.96. The van der Waals surface area contributed by atoms with Crippen LogP contribution in [0.1, 0.15) is 6.42 Å². The number of likely N-dealkylation sites (tertiary alicyclic amines) is 1. The number of nitrogens with zero attached hydrogens (tertiary/aromatic N) is 3. The Balaban J connectivity index is 1.83. The summed E-state index contributed by atoms with van der Waals surface area (Å²) in [6, 6.07) is 7.44. The highest BCUT2D eigenvalue weighted by atomic mass is 35.5. The molecule has 2 rings (SSSR count). The van der Waals surface area contributed by atoms with Crippen molar-refractivity contribution in [2.45, 2.75) is 12.5 Å². The average Bonchev–Trinajstić information content (AvgIpc) is 2.92. The van der Waals surface area contributed by atoms with Crippen molar-refractivity contribution in [3.8, 4) is 5.75 Å². The van der Waals surface area contributed by atoms with E-state index in [0.717, 1.165) is 31.8 Å². The Bertz CT molecular complexity index is 510. The number of carbonyl (C=O) groups is 1. The molecule has 5 nitrogen and oxygen atoms in total. The molecule has 2 amide bonds. The number of likely N-dealkylation sites (N-methyl/N-ethyl adjacent to an activating group) is 2. The number of hydrogen-bond acceptors (Lipinski definition) is 3. The van der Waals surface area contributed by atoms with Crippen LogP contribution in [0.5, 0.6) is 5.75 Å². The summed E-state index contributed by atoms with van der Waals surface area (Å²) in [5.74, 6) is 0.757. The molecule has 0 aliphatic carbocycles. The van der Waals surface area contributed by atoms with Gasteiger partial charge in [0.05, 0.1) is 6.54 Å². The van der Waals surface area contributed by atoms with Crippen molar-refractivity contribution in [1.29, 1.82) is 0 Å². The van der Waals surface area contributed by atoms with Crippen molar-refractivity contribution in [3.63, 3.8) is 0 Å². The third-order valence-corrected chi connectivity index (χ3v) is 3.96. The third-order valence-electron chi connectivity index (χ3n) is 3.72. The first-order valence-electron chi connectivity index (χ1n) is 7.52. The predicted octanol–water partition coefficient (Wildman–Crippen LogP) is 2.41. The van der Waals surface area contributed by atoms with Crippen LogP contribution in [-0.2, 0) is 0 Å². The fourth-order valence-corrected chi connectivity index (χ4v) is 2.60. The van der Waals surface area contributed by atoms with Crippen molar-refractivity contribution in [2.75, 3.05) is 47.3 Å². The van der Waals surface area contributed by atoms with Crippen molar-refractivity contribution in [2.24, 2.45) is 0 Å². The van der Waals surface area contributed by atoms with Crippen LogP contribution < -0.4 is 4.74 Å². The van der Waals surface area contributed by atoms with Gasteiger partial charge in [-0.2, -0.15) is 0 Å². The molecule has 1 aromatic rings. The smallest absolute Gasteiger partial charge is 0.319 e. The zero-order valence-corrected chi connectivity index (χ0v) is 14.2. The van der Waals surface area contributed by atoms with E-state index in [0.29, 0.717) is 11.6 Å². The number of urea groups is 1. The normalized spacial score (nSPS) is 17.9. The van der Waals surface area contributed by atoms with Crippen LogP contribution in [0.2, 0.25) is 5.02 Å². The molecule has 1 unspecified atom stereocenters. The lowest BCUT2D eigenvalue weighted by atomic mass is 10.3. The molecule has 1 heterocycles. The molecule has 22 heavy (non-hydrogen) atoms. The second kappa shape index (κ2) is 7.70. The van der Waals surface area contributed by atoms with Crippen molar-refractivity contribution in [1.82, 2.24) is 14.7 Å². The fraction of sp³-hybridized carbons (Fsp3) is 0.562. The van der Waals surface area contributed by atoms with E-state index in [1.54, 1.807) is 11.0 Å². The maximum atomic E-state index is 12.4. The van der Waals surface area contributed by atoms with E-state index in [4.69, 9.17) is 16.3 Å². The Morgan fingerprint density at radius 1 is 1.36 bits per heavy atom. The van der Waals surface area contributed by atoms with Crippen LogP contribution in [0.25, 0.3) is 0 Å². The Labute approximate surface area is 137 Å². The molecular weight excluding hydrogens is 302 g/mol. The van der Waals surface area contributed by atoms with Gasteiger partial charge >= 0.3 is 6.03 Å². The maximum Gasteiger partial charge on any atom is 0.319 e. The third kappa shape index (κ3) is 4.78. The average molecular weight is 326 g/mol. The Morgan fingerprint density at radius 3 is 2.82 bits per heavy atom. The summed E-state index contributed by atoms with van der Waals surface area (Å²) < 4.78 is 5.91. The van der Waals surface area contributed by atoms with E-state index in [2.05, 4.69) is 4.90 Å². The van der Waals surface area contributed by atoms with E-state index < -0.39 is 0 Å². The Hall–Kier alpha value is -1.46. The molecule has 1 aliphatic rings. The standard InChI is InChI=1S/C16H24ClN3O2/c1-18(2)9-10-19(3)16(21)20-8-7-15(12-20)22-14-6-4-5-13(17)11-14/h4-6,11,15H,7-10,12H2,1-3H3. The Morgan fingerprint density at radius 2 is 2.14 bits per heavy atom. The number of rotatable bonds is 5. The van der Waals surface area contributed by atoms with Crippen LogP contribution in [0, 0.1) is 0 Å². The van der Waals surface area contributed by atoms with Crippen molar-refractivity contribution in [3.05, 3.63) is 29.3 Å². The van der Waals surface area contributed by atoms with Gasteiger partial charge in [0, 0.05) is 38.1 Å². The number of ether oxygens (including phenoxy) is 1. The van der Waals surface area contributed by atoms with Gasteiger partial charge in [0.15, 0.2) is 0 Å². The summed E-state index contributed by atoms with van der Waals surface area (Å²) in [7, 11) is 5.85. The molecule has 1 aliphatic heterocycles. The highest BCUT2D eigenvalue weighted by Gasteiger charge is 2.29. The number of hydrogen-bond donors (Lipinski definition) is 0. The molecule has 0 aromatic heterocycles. The van der Waals surface area contributed by atoms with Gasteiger partial charge in [0.2, 0.25) is 0 Å². The summed E-state index contributed by atoms with van der Waals surface area (Å²) in [6.45, 7) is 2.94. The van der Waals surface area contributed by atoms with E-state index >= 15 is 0 Å². The molecule has 1 saturated heterocycles. The summed E-state index contributed by atoms with van der Waals surface area (Å²) in [6.07, 6.45) is 0.879. The molecule has 6 heteroatoms. The minimum Gasteiger partial charge on any atom is -0.488 e.